The molecule has 0 fully saturated rings. The summed E-state index contributed by atoms with van der Waals surface area (Å²) in [7, 11) is 0. The summed E-state index contributed by atoms with van der Waals surface area (Å²) in [4.78, 5) is 12.5. The summed E-state index contributed by atoms with van der Waals surface area (Å²) in [6, 6.07) is 7.57. The third-order valence-electron chi connectivity index (χ3n) is 4.52. The van der Waals surface area contributed by atoms with Gasteiger partial charge in [0.15, 0.2) is 5.69 Å². The van der Waals surface area contributed by atoms with E-state index in [1.54, 1.807) is 6.07 Å². The average molecular weight is 347 g/mol. The van der Waals surface area contributed by atoms with E-state index in [4.69, 9.17) is 0 Å². The van der Waals surface area contributed by atoms with Crippen LogP contribution >= 0.6 is 0 Å². The van der Waals surface area contributed by atoms with Crippen molar-refractivity contribution >= 4 is 11.6 Å². The molecule has 0 spiro atoms. The van der Waals surface area contributed by atoms with Crippen LogP contribution in [-0.4, -0.2) is 22.1 Å². The Labute approximate surface area is 146 Å². The maximum atomic E-state index is 12.7. The van der Waals surface area contributed by atoms with Crippen LogP contribution in [0.25, 0.3) is 0 Å². The molecule has 1 aromatic carbocycles. The number of nitrogens with zero attached hydrogens (tertiary/aromatic N) is 2. The van der Waals surface area contributed by atoms with Gasteiger partial charge in [0.2, 0.25) is 0 Å². The maximum absolute atomic E-state index is 12.7. The van der Waals surface area contributed by atoms with Gasteiger partial charge in [0.25, 0.3) is 12.3 Å². The van der Waals surface area contributed by atoms with E-state index in [0.29, 0.717) is 12.1 Å². The highest BCUT2D eigenvalue weighted by Crippen LogP contribution is 2.24. The Morgan fingerprint density at radius 2 is 2.00 bits per heavy atom. The van der Waals surface area contributed by atoms with E-state index in [1.807, 2.05) is 19.1 Å². The van der Waals surface area contributed by atoms with Crippen LogP contribution in [0.2, 0.25) is 0 Å². The minimum atomic E-state index is -2.49. The first kappa shape index (κ1) is 17.6. The monoisotopic (exact) mass is 347 g/mol. The van der Waals surface area contributed by atoms with E-state index in [9.17, 15) is 13.6 Å². The van der Waals surface area contributed by atoms with Crippen molar-refractivity contribution in [3.05, 3.63) is 46.8 Å². The van der Waals surface area contributed by atoms with E-state index in [-0.39, 0.29) is 11.6 Å². The van der Waals surface area contributed by atoms with Crippen LogP contribution in [0.15, 0.2) is 24.3 Å². The predicted octanol–water partition coefficient (Wildman–Crippen LogP) is 4.23. The number of hydrogen-bond acceptors (Lipinski definition) is 2. The molecule has 0 bridgehead atoms. The van der Waals surface area contributed by atoms with Crippen LogP contribution in [0.4, 0.5) is 14.5 Å². The Morgan fingerprint density at radius 1 is 1.24 bits per heavy atom. The molecule has 0 saturated heterocycles. The van der Waals surface area contributed by atoms with Crippen molar-refractivity contribution in [2.45, 2.75) is 58.4 Å². The summed E-state index contributed by atoms with van der Waals surface area (Å²) >= 11 is 0. The molecule has 1 aliphatic carbocycles. The number of amides is 1. The number of halogens is 2. The minimum Gasteiger partial charge on any atom is -0.321 e. The zero-order valence-corrected chi connectivity index (χ0v) is 14.4. The highest BCUT2D eigenvalue weighted by Gasteiger charge is 2.17. The van der Waals surface area contributed by atoms with Gasteiger partial charge >= 0.3 is 0 Å². The van der Waals surface area contributed by atoms with Crippen molar-refractivity contribution in [1.82, 2.24) is 9.78 Å². The number of aryl methyl sites for hydroxylation is 3. The molecule has 6 heteroatoms. The van der Waals surface area contributed by atoms with E-state index >= 15 is 0 Å². The second kappa shape index (κ2) is 7.76. The molecule has 2 aromatic rings. The molecule has 4 nitrogen and oxygen atoms in total. The van der Waals surface area contributed by atoms with E-state index in [1.165, 1.54) is 28.7 Å². The van der Waals surface area contributed by atoms with Gasteiger partial charge in [-0.2, -0.15) is 5.10 Å². The van der Waals surface area contributed by atoms with Gasteiger partial charge in [0.1, 0.15) is 6.54 Å². The van der Waals surface area contributed by atoms with E-state index in [0.717, 1.165) is 24.9 Å². The van der Waals surface area contributed by atoms with Crippen molar-refractivity contribution in [2.75, 3.05) is 5.32 Å². The number of carbonyl (C=O) groups excluding carboxylic acids is 1. The molecule has 0 atom stereocenters. The van der Waals surface area contributed by atoms with Gasteiger partial charge in [0, 0.05) is 11.4 Å². The highest BCUT2D eigenvalue weighted by atomic mass is 19.3. The van der Waals surface area contributed by atoms with Gasteiger partial charge in [0.05, 0.1) is 0 Å². The van der Waals surface area contributed by atoms with Crippen LogP contribution in [0, 0.1) is 0 Å². The number of carbonyl (C=O) groups is 1. The Bertz CT molecular complexity index is 755. The first-order chi connectivity index (χ1) is 12.1. The zero-order chi connectivity index (χ0) is 17.8. The van der Waals surface area contributed by atoms with Gasteiger partial charge < -0.3 is 5.32 Å². The van der Waals surface area contributed by atoms with Crippen LogP contribution in [0.5, 0.6) is 0 Å². The smallest absolute Gasteiger partial charge is 0.276 e. The van der Waals surface area contributed by atoms with Crippen molar-refractivity contribution in [1.29, 1.82) is 0 Å². The standard InChI is InChI=1S/C19H23F2N3O/c1-2-5-16-11-17(23-24(16)12-18(20)21)19(25)22-15-9-8-13-6-3-4-7-14(13)10-15/h8-11,18H,2-7,12H2,1H3,(H,22,25). The molecule has 1 heterocycles. The number of anilines is 1. The van der Waals surface area contributed by atoms with E-state index in [2.05, 4.69) is 16.5 Å². The highest BCUT2D eigenvalue weighted by molar-refractivity contribution is 6.03. The molecule has 1 aliphatic rings. The number of alkyl halides is 2. The van der Waals surface area contributed by atoms with Gasteiger partial charge in [-0.25, -0.2) is 8.78 Å². The molecule has 1 aromatic heterocycles. The Balaban J connectivity index is 1.76. The molecule has 1 N–H and O–H groups in total. The second-order valence-electron chi connectivity index (χ2n) is 6.49. The zero-order valence-electron chi connectivity index (χ0n) is 14.4. The molecule has 1 amide bonds. The van der Waals surface area contributed by atoms with Crippen molar-refractivity contribution in [2.24, 2.45) is 0 Å². The molecule has 0 saturated carbocycles. The SMILES string of the molecule is CCCc1cc(C(=O)Nc2ccc3c(c2)CCCC3)nn1CC(F)F. The molecule has 134 valence electrons. The third-order valence-corrected chi connectivity index (χ3v) is 4.52. The molecule has 3 rings (SSSR count). The summed E-state index contributed by atoms with van der Waals surface area (Å²) in [6.07, 6.45) is 3.42. The maximum Gasteiger partial charge on any atom is 0.276 e. The fourth-order valence-corrected chi connectivity index (χ4v) is 3.32. The number of hydrogen-bond donors (Lipinski definition) is 1. The molecule has 0 aliphatic heterocycles. The first-order valence-electron chi connectivity index (χ1n) is 8.85. The quantitative estimate of drug-likeness (QED) is 0.850. The van der Waals surface area contributed by atoms with Gasteiger partial charge in [-0.05, 0) is 61.4 Å². The van der Waals surface area contributed by atoms with E-state index < -0.39 is 13.0 Å². The Hall–Kier alpha value is -2.24. The second-order valence-corrected chi connectivity index (χ2v) is 6.49. The average Bonchev–Trinajstić information content (AvgIpc) is 2.97. The fourth-order valence-electron chi connectivity index (χ4n) is 3.32. The normalized spacial score (nSPS) is 13.8. The van der Waals surface area contributed by atoms with Gasteiger partial charge in [-0.15, -0.1) is 0 Å². The Morgan fingerprint density at radius 3 is 2.72 bits per heavy atom. The van der Waals surface area contributed by atoms with Crippen LogP contribution in [0.3, 0.4) is 0 Å². The molecule has 0 unspecified atom stereocenters. The van der Waals surface area contributed by atoms with Crippen LogP contribution < -0.4 is 5.32 Å². The summed E-state index contributed by atoms with van der Waals surface area (Å²) in [6.45, 7) is 1.48. The Kier molecular flexibility index (Phi) is 5.46. The molecule has 0 radical (unpaired) electrons. The lowest BCUT2D eigenvalue weighted by molar-refractivity contribution is 0.101. The number of fused-ring (bicyclic) bond motifs is 1. The fraction of sp³-hybridized carbons (Fsp3) is 0.474. The summed E-state index contributed by atoms with van der Waals surface area (Å²) in [5.74, 6) is -0.360. The number of nitrogens with one attached hydrogen (secondary N) is 1. The lowest BCUT2D eigenvalue weighted by atomic mass is 9.91. The predicted molar refractivity (Wildman–Crippen MR) is 93.3 cm³/mol. The summed E-state index contributed by atoms with van der Waals surface area (Å²) in [5.41, 5.74) is 4.20. The van der Waals surface area contributed by atoms with Crippen molar-refractivity contribution in [3.63, 3.8) is 0 Å². The largest absolute Gasteiger partial charge is 0.321 e. The minimum absolute atomic E-state index is 0.182. The van der Waals surface area contributed by atoms with Crippen LogP contribution in [-0.2, 0) is 25.8 Å². The lowest BCUT2D eigenvalue weighted by Gasteiger charge is -2.16. The molecular weight excluding hydrogens is 324 g/mol. The topological polar surface area (TPSA) is 46.9 Å². The third kappa shape index (κ3) is 4.24. The summed E-state index contributed by atoms with van der Waals surface area (Å²) < 4.78 is 26.6. The first-order valence-corrected chi connectivity index (χ1v) is 8.85. The van der Waals surface area contributed by atoms with Gasteiger partial charge in [-0.1, -0.05) is 19.4 Å². The van der Waals surface area contributed by atoms with Crippen LogP contribution in [0.1, 0.15) is 53.5 Å². The molecular formula is C19H23F2N3O. The number of rotatable bonds is 6. The number of aromatic nitrogens is 2. The lowest BCUT2D eigenvalue weighted by Crippen LogP contribution is -2.15. The number of benzene rings is 1. The molecule has 25 heavy (non-hydrogen) atoms. The van der Waals surface area contributed by atoms with Crippen molar-refractivity contribution in [3.8, 4) is 0 Å². The summed E-state index contributed by atoms with van der Waals surface area (Å²) in [5, 5.41) is 6.92. The van der Waals surface area contributed by atoms with Crippen molar-refractivity contribution < 1.29 is 13.6 Å². The van der Waals surface area contributed by atoms with Gasteiger partial charge in [-0.3, -0.25) is 9.48 Å².